The van der Waals surface area contributed by atoms with Crippen molar-refractivity contribution in [2.75, 3.05) is 13.1 Å². The first kappa shape index (κ1) is 22.8. The van der Waals surface area contributed by atoms with Crippen molar-refractivity contribution in [1.29, 1.82) is 0 Å². The summed E-state index contributed by atoms with van der Waals surface area (Å²) in [6.45, 7) is 5.11. The van der Waals surface area contributed by atoms with Gasteiger partial charge in [0, 0.05) is 23.2 Å². The number of aromatic nitrogens is 2. The zero-order valence-corrected chi connectivity index (χ0v) is 21.0. The molecule has 1 aliphatic heterocycles. The lowest BCUT2D eigenvalue weighted by Gasteiger charge is -2.32. The first-order chi connectivity index (χ1) is 16.6. The maximum Gasteiger partial charge on any atom is 0.224 e. The van der Waals surface area contributed by atoms with Crippen molar-refractivity contribution in [3.05, 3.63) is 94.2 Å². The Morgan fingerprint density at radius 1 is 1.09 bits per heavy atom. The van der Waals surface area contributed by atoms with Crippen LogP contribution < -0.4 is 5.32 Å². The van der Waals surface area contributed by atoms with Gasteiger partial charge < -0.3 is 5.32 Å². The summed E-state index contributed by atoms with van der Waals surface area (Å²) in [7, 11) is 0. The maximum absolute atomic E-state index is 13.0. The minimum absolute atomic E-state index is 0.00136. The summed E-state index contributed by atoms with van der Waals surface area (Å²) in [5.74, 6) is 1.15. The van der Waals surface area contributed by atoms with Crippen LogP contribution in [0.4, 0.5) is 0 Å². The van der Waals surface area contributed by atoms with Gasteiger partial charge in [0.2, 0.25) is 5.91 Å². The summed E-state index contributed by atoms with van der Waals surface area (Å²) in [6, 6.07) is 24.8. The van der Waals surface area contributed by atoms with Gasteiger partial charge in [0.15, 0.2) is 0 Å². The number of amides is 1. The number of nitrogens with zero attached hydrogens (tertiary/aromatic N) is 3. The number of piperidine rings is 1. The highest BCUT2D eigenvalue weighted by atomic mass is 79.9. The van der Waals surface area contributed by atoms with Crippen molar-refractivity contribution < 1.29 is 4.79 Å². The number of para-hydroxylation sites is 2. The molecule has 1 fully saturated rings. The van der Waals surface area contributed by atoms with E-state index in [0.29, 0.717) is 13.1 Å². The minimum atomic E-state index is 0.00136. The Morgan fingerprint density at radius 3 is 2.76 bits per heavy atom. The van der Waals surface area contributed by atoms with Crippen LogP contribution in [0, 0.1) is 12.8 Å². The first-order valence-electron chi connectivity index (χ1n) is 11.9. The summed E-state index contributed by atoms with van der Waals surface area (Å²) in [5, 5.41) is 3.17. The fraction of sp³-hybridized carbons (Fsp3) is 0.286. The Kier molecular flexibility index (Phi) is 6.79. The van der Waals surface area contributed by atoms with Crippen molar-refractivity contribution >= 4 is 32.9 Å². The van der Waals surface area contributed by atoms with Crippen LogP contribution in [-0.2, 0) is 17.9 Å². The molecule has 1 aliphatic rings. The average molecular weight is 517 g/mol. The van der Waals surface area contributed by atoms with E-state index in [9.17, 15) is 4.79 Å². The quantitative estimate of drug-likeness (QED) is 0.361. The summed E-state index contributed by atoms with van der Waals surface area (Å²) < 4.78 is 3.28. The highest BCUT2D eigenvalue weighted by Crippen LogP contribution is 2.26. The Hall–Kier alpha value is -2.96. The zero-order valence-electron chi connectivity index (χ0n) is 19.4. The van der Waals surface area contributed by atoms with Gasteiger partial charge in [-0.2, -0.15) is 0 Å². The van der Waals surface area contributed by atoms with Gasteiger partial charge >= 0.3 is 0 Å². The molecular weight excluding hydrogens is 488 g/mol. The standard InChI is InChI=1S/C28H29BrN4O/c1-20-8-2-3-9-21(20)17-30-28(34)22-10-7-15-32(18-22)19-27-31-25-13-4-5-14-26(25)33(27)24-12-6-11-23(29)16-24/h2-6,8-9,11-14,16,22H,7,10,15,17-19H2,1H3,(H,30,34)/t22-/m1/s1. The fourth-order valence-electron chi connectivity index (χ4n) is 4.83. The van der Waals surface area contributed by atoms with Crippen LogP contribution in [0.15, 0.2) is 77.3 Å². The molecule has 174 valence electrons. The van der Waals surface area contributed by atoms with Gasteiger partial charge in [-0.05, 0) is 67.8 Å². The third-order valence-corrected chi connectivity index (χ3v) is 7.15. The Labute approximate surface area is 208 Å². The Morgan fingerprint density at radius 2 is 1.91 bits per heavy atom. The van der Waals surface area contributed by atoms with Crippen LogP contribution in [0.5, 0.6) is 0 Å². The number of hydrogen-bond acceptors (Lipinski definition) is 3. The van der Waals surface area contributed by atoms with Gasteiger partial charge in [0.05, 0.1) is 23.5 Å². The molecule has 5 rings (SSSR count). The molecule has 5 nitrogen and oxygen atoms in total. The largest absolute Gasteiger partial charge is 0.352 e. The molecule has 1 saturated heterocycles. The molecule has 6 heteroatoms. The molecule has 4 aromatic rings. The van der Waals surface area contributed by atoms with E-state index in [0.717, 1.165) is 52.9 Å². The molecule has 1 amide bonds. The summed E-state index contributed by atoms with van der Waals surface area (Å²) >= 11 is 3.61. The number of nitrogens with one attached hydrogen (secondary N) is 1. The molecule has 34 heavy (non-hydrogen) atoms. The molecule has 0 radical (unpaired) electrons. The predicted molar refractivity (Wildman–Crippen MR) is 140 cm³/mol. The van der Waals surface area contributed by atoms with E-state index >= 15 is 0 Å². The van der Waals surface area contributed by atoms with Crippen LogP contribution in [0.1, 0.15) is 29.8 Å². The molecule has 3 aromatic carbocycles. The van der Waals surface area contributed by atoms with Crippen molar-refractivity contribution in [1.82, 2.24) is 19.8 Å². The van der Waals surface area contributed by atoms with Crippen LogP contribution in [0.2, 0.25) is 0 Å². The number of rotatable bonds is 6. The number of carbonyl (C=O) groups excluding carboxylic acids is 1. The zero-order chi connectivity index (χ0) is 23.5. The van der Waals surface area contributed by atoms with Crippen LogP contribution >= 0.6 is 15.9 Å². The summed E-state index contributed by atoms with van der Waals surface area (Å²) in [5.41, 5.74) is 5.55. The van der Waals surface area contributed by atoms with E-state index in [-0.39, 0.29) is 11.8 Å². The Bertz CT molecular complexity index is 1310. The highest BCUT2D eigenvalue weighted by Gasteiger charge is 2.27. The molecule has 0 saturated carbocycles. The number of carbonyl (C=O) groups is 1. The smallest absolute Gasteiger partial charge is 0.224 e. The number of halogens is 1. The number of benzene rings is 3. The van der Waals surface area contributed by atoms with E-state index in [2.05, 4.69) is 80.1 Å². The fourth-order valence-corrected chi connectivity index (χ4v) is 5.22. The molecule has 1 N–H and O–H groups in total. The maximum atomic E-state index is 13.0. The van der Waals surface area contributed by atoms with Crippen LogP contribution in [-0.4, -0.2) is 33.4 Å². The predicted octanol–water partition coefficient (Wildman–Crippen LogP) is 5.62. The molecule has 2 heterocycles. The van der Waals surface area contributed by atoms with Crippen LogP contribution in [0.25, 0.3) is 16.7 Å². The van der Waals surface area contributed by atoms with Gasteiger partial charge in [-0.1, -0.05) is 58.4 Å². The lowest BCUT2D eigenvalue weighted by Crippen LogP contribution is -2.42. The van der Waals surface area contributed by atoms with E-state index in [4.69, 9.17) is 4.98 Å². The summed E-state index contributed by atoms with van der Waals surface area (Å²) in [4.78, 5) is 20.3. The highest BCUT2D eigenvalue weighted by molar-refractivity contribution is 9.10. The number of hydrogen-bond donors (Lipinski definition) is 1. The second-order valence-corrected chi connectivity index (χ2v) is 9.97. The van der Waals surface area contributed by atoms with Gasteiger partial charge in [0.25, 0.3) is 0 Å². The average Bonchev–Trinajstić information content (AvgIpc) is 3.21. The van der Waals surface area contributed by atoms with E-state index in [1.54, 1.807) is 0 Å². The molecule has 0 aliphatic carbocycles. The van der Waals surface area contributed by atoms with E-state index < -0.39 is 0 Å². The number of aryl methyl sites for hydroxylation is 1. The van der Waals surface area contributed by atoms with Crippen molar-refractivity contribution in [3.8, 4) is 5.69 Å². The third kappa shape index (κ3) is 4.93. The lowest BCUT2D eigenvalue weighted by atomic mass is 9.97. The monoisotopic (exact) mass is 516 g/mol. The third-order valence-electron chi connectivity index (χ3n) is 6.65. The molecule has 0 spiro atoms. The lowest BCUT2D eigenvalue weighted by molar-refractivity contribution is -0.127. The van der Waals surface area contributed by atoms with Crippen molar-refractivity contribution in [3.63, 3.8) is 0 Å². The van der Waals surface area contributed by atoms with E-state index in [1.165, 1.54) is 11.1 Å². The second kappa shape index (κ2) is 10.1. The second-order valence-electron chi connectivity index (χ2n) is 9.05. The van der Waals surface area contributed by atoms with Crippen LogP contribution in [0.3, 0.4) is 0 Å². The molecule has 0 unspecified atom stereocenters. The van der Waals surface area contributed by atoms with Gasteiger partial charge in [-0.15, -0.1) is 0 Å². The number of imidazole rings is 1. The molecule has 0 bridgehead atoms. The molecule has 1 aromatic heterocycles. The van der Waals surface area contributed by atoms with E-state index in [1.807, 2.05) is 30.3 Å². The van der Waals surface area contributed by atoms with Gasteiger partial charge in [-0.3, -0.25) is 14.3 Å². The van der Waals surface area contributed by atoms with Crippen molar-refractivity contribution in [2.45, 2.75) is 32.9 Å². The topological polar surface area (TPSA) is 50.2 Å². The Balaban J connectivity index is 1.33. The number of fused-ring (bicyclic) bond motifs is 1. The van der Waals surface area contributed by atoms with Gasteiger partial charge in [-0.25, -0.2) is 4.98 Å². The normalized spacial score (nSPS) is 16.6. The SMILES string of the molecule is Cc1ccccc1CNC(=O)[C@@H]1CCCN(Cc2nc3ccccc3n2-c2cccc(Br)c2)C1. The number of likely N-dealkylation sites (tertiary alicyclic amines) is 1. The van der Waals surface area contributed by atoms with Crippen molar-refractivity contribution in [2.24, 2.45) is 5.92 Å². The molecular formula is C28H29BrN4O. The van der Waals surface area contributed by atoms with Gasteiger partial charge in [0.1, 0.15) is 5.82 Å². The molecule has 1 atom stereocenters. The first-order valence-corrected chi connectivity index (χ1v) is 12.6. The minimum Gasteiger partial charge on any atom is -0.352 e. The summed E-state index contributed by atoms with van der Waals surface area (Å²) in [6.07, 6.45) is 1.94.